The Morgan fingerprint density at radius 1 is 0.310 bits per heavy atom. The van der Waals surface area contributed by atoms with E-state index in [9.17, 15) is 0 Å². The van der Waals surface area contributed by atoms with E-state index in [1.807, 2.05) is 22.7 Å². The van der Waals surface area contributed by atoms with Crippen molar-refractivity contribution in [3.05, 3.63) is 182 Å². The first kappa shape index (κ1) is 32.0. The number of fused-ring (bicyclic) bond motifs is 13. The predicted octanol–water partition coefficient (Wildman–Crippen LogP) is 14.7. The molecule has 4 nitrogen and oxygen atoms in total. The highest BCUT2D eigenvalue weighted by Crippen LogP contribution is 2.43. The van der Waals surface area contributed by atoms with E-state index in [0.29, 0.717) is 0 Å². The summed E-state index contributed by atoms with van der Waals surface area (Å²) in [6, 6.07) is 65.7. The molecule has 13 rings (SSSR count). The van der Waals surface area contributed by atoms with Crippen LogP contribution in [0.2, 0.25) is 0 Å². The van der Waals surface area contributed by atoms with Gasteiger partial charge in [-0.25, -0.2) is 9.97 Å². The Morgan fingerprint density at radius 3 is 1.21 bits per heavy atom. The van der Waals surface area contributed by atoms with Crippen LogP contribution in [0.5, 0.6) is 0 Å². The average molecular weight is 775 g/mol. The van der Waals surface area contributed by atoms with Crippen LogP contribution in [0, 0.1) is 0 Å². The molecule has 270 valence electrons. The molecule has 0 saturated carbocycles. The Morgan fingerprint density at radius 2 is 0.724 bits per heavy atom. The summed E-state index contributed by atoms with van der Waals surface area (Å²) in [5.74, 6) is 1.75. The molecule has 0 bridgehead atoms. The monoisotopic (exact) mass is 774 g/mol. The van der Waals surface area contributed by atoms with Gasteiger partial charge in [0.25, 0.3) is 0 Å². The number of pyridine rings is 2. The normalized spacial score (nSPS) is 12.1. The van der Waals surface area contributed by atoms with Crippen molar-refractivity contribution in [3.8, 4) is 34.2 Å². The SMILES string of the molecule is c1cc(-c2ccc3sc4ccccc4c3c2)nc(-n2c3ccccc3c3ccc4c5ccccc5n(-c5cccc(-c6ccc7sc8ccccc8c7c6)n5)c4c32)c1. The first-order valence-corrected chi connectivity index (χ1v) is 21.1. The fraction of sp³-hybridized carbons (Fsp3) is 0. The van der Waals surface area contributed by atoms with Crippen molar-refractivity contribution >= 4 is 107 Å². The number of benzene rings is 7. The molecule has 0 aliphatic heterocycles. The fourth-order valence-electron chi connectivity index (χ4n) is 9.16. The van der Waals surface area contributed by atoms with Crippen LogP contribution in [0.15, 0.2) is 182 Å². The van der Waals surface area contributed by atoms with Gasteiger partial charge in [0, 0.05) is 73.0 Å². The quantitative estimate of drug-likeness (QED) is 0.178. The molecule has 6 heteroatoms. The second kappa shape index (κ2) is 12.2. The van der Waals surface area contributed by atoms with Crippen molar-refractivity contribution in [1.29, 1.82) is 0 Å². The Bertz CT molecular complexity index is 3570. The van der Waals surface area contributed by atoms with Gasteiger partial charge in [-0.05, 0) is 72.8 Å². The Hall–Kier alpha value is -7.12. The van der Waals surface area contributed by atoms with E-state index in [1.54, 1.807) is 0 Å². The molecule has 0 N–H and O–H groups in total. The van der Waals surface area contributed by atoms with E-state index in [-0.39, 0.29) is 0 Å². The third kappa shape index (κ3) is 4.61. The number of hydrogen-bond donors (Lipinski definition) is 0. The van der Waals surface area contributed by atoms with Crippen molar-refractivity contribution in [1.82, 2.24) is 19.1 Å². The third-order valence-electron chi connectivity index (χ3n) is 11.7. The molecule has 0 saturated heterocycles. The number of thiophene rings is 2. The minimum atomic E-state index is 0.876. The lowest BCUT2D eigenvalue weighted by Gasteiger charge is -2.13. The van der Waals surface area contributed by atoms with Gasteiger partial charge in [-0.3, -0.25) is 9.13 Å². The topological polar surface area (TPSA) is 35.6 Å². The average Bonchev–Trinajstić information content (AvgIpc) is 4.04. The van der Waals surface area contributed by atoms with Crippen LogP contribution in [0.25, 0.3) is 118 Å². The lowest BCUT2D eigenvalue weighted by Crippen LogP contribution is -2.02. The van der Waals surface area contributed by atoms with E-state index < -0.39 is 0 Å². The second-order valence-electron chi connectivity index (χ2n) is 14.9. The molecule has 6 heterocycles. The zero-order chi connectivity index (χ0) is 37.9. The molecule has 0 unspecified atom stereocenters. The summed E-state index contributed by atoms with van der Waals surface area (Å²) in [6.45, 7) is 0. The summed E-state index contributed by atoms with van der Waals surface area (Å²) in [4.78, 5) is 10.9. The Labute approximate surface area is 340 Å². The van der Waals surface area contributed by atoms with Gasteiger partial charge < -0.3 is 0 Å². The highest BCUT2D eigenvalue weighted by Gasteiger charge is 2.22. The number of nitrogens with zero attached hydrogens (tertiary/aromatic N) is 4. The van der Waals surface area contributed by atoms with Gasteiger partial charge in [0.2, 0.25) is 0 Å². The first-order valence-electron chi connectivity index (χ1n) is 19.5. The summed E-state index contributed by atoms with van der Waals surface area (Å²) >= 11 is 3.68. The number of para-hydroxylation sites is 2. The van der Waals surface area contributed by atoms with Crippen molar-refractivity contribution in [2.75, 3.05) is 0 Å². The number of rotatable bonds is 4. The number of aromatic nitrogens is 4. The van der Waals surface area contributed by atoms with Crippen LogP contribution in [-0.4, -0.2) is 19.1 Å². The maximum atomic E-state index is 5.46. The van der Waals surface area contributed by atoms with Crippen molar-refractivity contribution < 1.29 is 0 Å². The van der Waals surface area contributed by atoms with Crippen LogP contribution in [0.4, 0.5) is 0 Å². The second-order valence-corrected chi connectivity index (χ2v) is 17.1. The molecule has 0 atom stereocenters. The standard InChI is InChI=1S/C52H30N4S2/c1-5-17-43-33(11-1)37-25-26-38-34-12-2-6-18-44(34)56(50-22-10-16-42(54-50)32-24-28-48-40(30-32)36-14-4-8-20-46(36)58-48)52(38)51(37)55(43)49-21-9-15-41(53-49)31-23-27-47-39(29-31)35-13-3-7-19-45(35)57-47/h1-30H. The van der Waals surface area contributed by atoms with Gasteiger partial charge in [0.05, 0.1) is 33.5 Å². The third-order valence-corrected chi connectivity index (χ3v) is 14.0. The maximum Gasteiger partial charge on any atom is 0.138 e. The summed E-state index contributed by atoms with van der Waals surface area (Å²) in [5, 5.41) is 9.85. The van der Waals surface area contributed by atoms with Gasteiger partial charge in [0.15, 0.2) is 0 Å². The lowest BCUT2D eigenvalue weighted by atomic mass is 10.1. The van der Waals surface area contributed by atoms with E-state index in [2.05, 4.69) is 191 Å². The minimum absolute atomic E-state index is 0.876. The maximum absolute atomic E-state index is 5.46. The Balaban J connectivity index is 1.06. The molecule has 0 aliphatic carbocycles. The highest BCUT2D eigenvalue weighted by molar-refractivity contribution is 7.26. The van der Waals surface area contributed by atoms with Gasteiger partial charge in [-0.2, -0.15) is 0 Å². The van der Waals surface area contributed by atoms with Gasteiger partial charge in [-0.15, -0.1) is 22.7 Å². The van der Waals surface area contributed by atoms with Crippen LogP contribution < -0.4 is 0 Å². The fourth-order valence-corrected chi connectivity index (χ4v) is 11.3. The number of hydrogen-bond acceptors (Lipinski definition) is 4. The van der Waals surface area contributed by atoms with Crippen LogP contribution in [-0.2, 0) is 0 Å². The van der Waals surface area contributed by atoms with Crippen LogP contribution >= 0.6 is 22.7 Å². The van der Waals surface area contributed by atoms with Gasteiger partial charge >= 0.3 is 0 Å². The molecular formula is C52H30N4S2. The molecule has 0 fully saturated rings. The molecule has 58 heavy (non-hydrogen) atoms. The molecule has 0 spiro atoms. The lowest BCUT2D eigenvalue weighted by molar-refractivity contribution is 1.06. The summed E-state index contributed by atoms with van der Waals surface area (Å²) < 4.78 is 9.92. The van der Waals surface area contributed by atoms with E-state index in [1.165, 1.54) is 61.9 Å². The summed E-state index contributed by atoms with van der Waals surface area (Å²) in [5.41, 5.74) is 8.54. The summed E-state index contributed by atoms with van der Waals surface area (Å²) in [6.07, 6.45) is 0. The van der Waals surface area contributed by atoms with Gasteiger partial charge in [0.1, 0.15) is 11.6 Å². The zero-order valence-electron chi connectivity index (χ0n) is 30.9. The molecule has 0 amide bonds. The molecule has 7 aromatic carbocycles. The Kier molecular flexibility index (Phi) is 6.73. The highest BCUT2D eigenvalue weighted by atomic mass is 32.1. The molecule has 0 radical (unpaired) electrons. The minimum Gasteiger partial charge on any atom is -0.292 e. The predicted molar refractivity (Wildman–Crippen MR) is 247 cm³/mol. The van der Waals surface area contributed by atoms with Crippen LogP contribution in [0.1, 0.15) is 0 Å². The zero-order valence-corrected chi connectivity index (χ0v) is 32.6. The molecular weight excluding hydrogens is 745 g/mol. The molecule has 0 aliphatic rings. The molecule has 6 aromatic heterocycles. The van der Waals surface area contributed by atoms with Crippen molar-refractivity contribution in [2.45, 2.75) is 0 Å². The van der Waals surface area contributed by atoms with Crippen molar-refractivity contribution in [2.24, 2.45) is 0 Å². The smallest absolute Gasteiger partial charge is 0.138 e. The van der Waals surface area contributed by atoms with E-state index in [0.717, 1.165) is 56.2 Å². The van der Waals surface area contributed by atoms with E-state index >= 15 is 0 Å². The largest absolute Gasteiger partial charge is 0.292 e. The van der Waals surface area contributed by atoms with Crippen molar-refractivity contribution in [3.63, 3.8) is 0 Å². The molecule has 13 aromatic rings. The van der Waals surface area contributed by atoms with Crippen LogP contribution in [0.3, 0.4) is 0 Å². The summed E-state index contributed by atoms with van der Waals surface area (Å²) in [7, 11) is 0. The first-order chi connectivity index (χ1) is 28.7. The van der Waals surface area contributed by atoms with Gasteiger partial charge in [-0.1, -0.05) is 109 Å². The van der Waals surface area contributed by atoms with E-state index in [4.69, 9.17) is 9.97 Å².